The lowest BCUT2D eigenvalue weighted by molar-refractivity contribution is -0.0269. The smallest absolute Gasteiger partial charge is 0.127 e. The highest BCUT2D eigenvalue weighted by Crippen LogP contribution is 2.35. The van der Waals surface area contributed by atoms with Crippen LogP contribution in [0, 0.1) is 0 Å². The number of piperidine rings is 1. The topological polar surface area (TPSA) is 21.7 Å². The summed E-state index contributed by atoms with van der Waals surface area (Å²) in [5, 5.41) is 0. The zero-order chi connectivity index (χ0) is 17.0. The fourth-order valence-corrected chi connectivity index (χ4v) is 3.94. The summed E-state index contributed by atoms with van der Waals surface area (Å²) >= 11 is 0. The molecule has 2 heterocycles. The molecule has 2 aliphatic rings. The summed E-state index contributed by atoms with van der Waals surface area (Å²) < 4.78 is 12.1. The van der Waals surface area contributed by atoms with Gasteiger partial charge in [0.25, 0.3) is 0 Å². The number of rotatable bonds is 8. The van der Waals surface area contributed by atoms with Crippen LogP contribution in [0.4, 0.5) is 0 Å². The third-order valence-electron chi connectivity index (χ3n) is 5.45. The van der Waals surface area contributed by atoms with Crippen molar-refractivity contribution in [2.75, 3.05) is 26.2 Å². The number of fused-ring (bicyclic) bond motifs is 2. The SMILES string of the molecule is c1ccc(Oc2ccc(CCCCOC34CCN(CC3)C4)cc2)cc1. The molecule has 0 N–H and O–H groups in total. The summed E-state index contributed by atoms with van der Waals surface area (Å²) in [5.41, 5.74) is 1.57. The monoisotopic (exact) mass is 337 g/mol. The standard InChI is InChI=1S/C22H27NO2/c1-2-7-20(8-3-1)25-21-11-9-19(10-12-21)6-4-5-17-24-22-13-15-23(18-22)16-14-22/h1-3,7-12H,4-6,13-18H2. The normalized spacial score (nSPS) is 24.6. The summed E-state index contributed by atoms with van der Waals surface area (Å²) in [6.07, 6.45) is 5.89. The minimum absolute atomic E-state index is 0.205. The first-order valence-corrected chi connectivity index (χ1v) is 9.50. The van der Waals surface area contributed by atoms with Gasteiger partial charge < -0.3 is 14.4 Å². The molecule has 3 heteroatoms. The van der Waals surface area contributed by atoms with Gasteiger partial charge in [-0.1, -0.05) is 30.3 Å². The van der Waals surface area contributed by atoms with E-state index < -0.39 is 0 Å². The van der Waals surface area contributed by atoms with Crippen LogP contribution in [0.15, 0.2) is 54.6 Å². The van der Waals surface area contributed by atoms with E-state index in [-0.39, 0.29) is 5.60 Å². The molecular formula is C22H27NO2. The van der Waals surface area contributed by atoms with Crippen LogP contribution in [0.5, 0.6) is 11.5 Å². The third kappa shape index (κ3) is 4.23. The molecule has 0 spiro atoms. The molecule has 0 aliphatic carbocycles. The molecular weight excluding hydrogens is 310 g/mol. The van der Waals surface area contributed by atoms with Crippen LogP contribution in [-0.2, 0) is 11.2 Å². The van der Waals surface area contributed by atoms with Crippen LogP contribution in [0.1, 0.15) is 31.2 Å². The Kier molecular flexibility index (Phi) is 5.04. The summed E-state index contributed by atoms with van der Waals surface area (Å²) in [6, 6.07) is 18.4. The number of nitrogens with zero attached hydrogens (tertiary/aromatic N) is 1. The fourth-order valence-electron chi connectivity index (χ4n) is 3.94. The molecule has 2 bridgehead atoms. The molecule has 2 aliphatic heterocycles. The highest BCUT2D eigenvalue weighted by Gasteiger charge is 2.44. The number of unbranched alkanes of at least 4 members (excludes halogenated alkanes) is 1. The molecule has 4 rings (SSSR count). The second-order valence-electron chi connectivity index (χ2n) is 7.32. The predicted octanol–water partition coefficient (Wildman–Crippen LogP) is 4.67. The van der Waals surface area contributed by atoms with Gasteiger partial charge >= 0.3 is 0 Å². The van der Waals surface area contributed by atoms with E-state index in [2.05, 4.69) is 29.2 Å². The van der Waals surface area contributed by atoms with Crippen molar-refractivity contribution >= 4 is 0 Å². The van der Waals surface area contributed by atoms with E-state index >= 15 is 0 Å². The van der Waals surface area contributed by atoms with Gasteiger partial charge in [0.15, 0.2) is 0 Å². The molecule has 0 aromatic heterocycles. The Balaban J connectivity index is 1.17. The highest BCUT2D eigenvalue weighted by atomic mass is 16.5. The molecule has 2 aromatic carbocycles. The minimum Gasteiger partial charge on any atom is -0.457 e. The molecule has 2 aromatic rings. The molecule has 0 radical (unpaired) electrons. The van der Waals surface area contributed by atoms with E-state index in [9.17, 15) is 0 Å². The lowest BCUT2D eigenvalue weighted by Crippen LogP contribution is -2.31. The van der Waals surface area contributed by atoms with Crippen molar-refractivity contribution in [2.45, 2.75) is 37.7 Å². The number of hydrogen-bond donors (Lipinski definition) is 0. The Labute approximate surface area is 150 Å². The maximum atomic E-state index is 6.24. The van der Waals surface area contributed by atoms with Crippen LogP contribution >= 0.6 is 0 Å². The van der Waals surface area contributed by atoms with Gasteiger partial charge in [0.05, 0.1) is 5.60 Å². The number of ether oxygens (including phenoxy) is 2. The zero-order valence-electron chi connectivity index (χ0n) is 14.8. The molecule has 0 atom stereocenters. The van der Waals surface area contributed by atoms with Crippen molar-refractivity contribution in [3.8, 4) is 11.5 Å². The maximum absolute atomic E-state index is 6.24. The van der Waals surface area contributed by atoms with Crippen molar-refractivity contribution in [3.63, 3.8) is 0 Å². The van der Waals surface area contributed by atoms with Crippen LogP contribution < -0.4 is 4.74 Å². The third-order valence-corrected chi connectivity index (χ3v) is 5.45. The second-order valence-corrected chi connectivity index (χ2v) is 7.32. The first-order chi connectivity index (χ1) is 12.3. The van der Waals surface area contributed by atoms with E-state index in [4.69, 9.17) is 9.47 Å². The lowest BCUT2D eigenvalue weighted by atomic mass is 10.00. The Morgan fingerprint density at radius 1 is 0.840 bits per heavy atom. The fraction of sp³-hybridized carbons (Fsp3) is 0.455. The van der Waals surface area contributed by atoms with E-state index in [0.717, 1.165) is 37.5 Å². The van der Waals surface area contributed by atoms with Crippen molar-refractivity contribution in [1.82, 2.24) is 4.90 Å². The van der Waals surface area contributed by atoms with Gasteiger partial charge in [-0.25, -0.2) is 0 Å². The van der Waals surface area contributed by atoms with E-state index in [1.54, 1.807) is 0 Å². The van der Waals surface area contributed by atoms with Gasteiger partial charge in [-0.2, -0.15) is 0 Å². The molecule has 25 heavy (non-hydrogen) atoms. The van der Waals surface area contributed by atoms with E-state index in [0.29, 0.717) is 0 Å². The van der Waals surface area contributed by atoms with Gasteiger partial charge in [0.2, 0.25) is 0 Å². The second kappa shape index (κ2) is 7.59. The van der Waals surface area contributed by atoms with E-state index in [1.807, 2.05) is 30.3 Å². The zero-order valence-corrected chi connectivity index (χ0v) is 14.8. The minimum atomic E-state index is 0.205. The van der Waals surface area contributed by atoms with Crippen LogP contribution in [0.25, 0.3) is 0 Å². The quantitative estimate of drug-likeness (QED) is 0.654. The number of aryl methyl sites for hydroxylation is 1. The summed E-state index contributed by atoms with van der Waals surface area (Å²) in [6.45, 7) is 4.54. The molecule has 2 fully saturated rings. The average Bonchev–Trinajstić information content (AvgIpc) is 3.25. The Bertz CT molecular complexity index is 660. The average molecular weight is 337 g/mol. The van der Waals surface area contributed by atoms with Crippen molar-refractivity contribution < 1.29 is 9.47 Å². The summed E-state index contributed by atoms with van der Waals surface area (Å²) in [5.74, 6) is 1.77. The largest absolute Gasteiger partial charge is 0.457 e. The van der Waals surface area contributed by atoms with Crippen LogP contribution in [0.2, 0.25) is 0 Å². The van der Waals surface area contributed by atoms with Crippen molar-refractivity contribution in [1.29, 1.82) is 0 Å². The Morgan fingerprint density at radius 3 is 2.24 bits per heavy atom. The van der Waals surface area contributed by atoms with Gasteiger partial charge in [-0.15, -0.1) is 0 Å². The van der Waals surface area contributed by atoms with E-state index in [1.165, 1.54) is 37.9 Å². The van der Waals surface area contributed by atoms with Crippen molar-refractivity contribution in [2.24, 2.45) is 0 Å². The first-order valence-electron chi connectivity index (χ1n) is 9.50. The van der Waals surface area contributed by atoms with Crippen LogP contribution in [0.3, 0.4) is 0 Å². The van der Waals surface area contributed by atoms with Gasteiger partial charge in [0.1, 0.15) is 11.5 Å². The summed E-state index contributed by atoms with van der Waals surface area (Å²) in [7, 11) is 0. The lowest BCUT2D eigenvalue weighted by Gasteiger charge is -2.25. The molecule has 0 amide bonds. The van der Waals surface area contributed by atoms with Crippen LogP contribution in [-0.4, -0.2) is 36.7 Å². The molecule has 2 saturated heterocycles. The highest BCUT2D eigenvalue weighted by molar-refractivity contribution is 5.32. The number of benzene rings is 2. The molecule has 0 saturated carbocycles. The van der Waals surface area contributed by atoms with Gasteiger partial charge in [-0.3, -0.25) is 0 Å². The van der Waals surface area contributed by atoms with Crippen molar-refractivity contribution in [3.05, 3.63) is 60.2 Å². The number of hydrogen-bond acceptors (Lipinski definition) is 3. The Morgan fingerprint density at radius 2 is 1.56 bits per heavy atom. The first kappa shape index (κ1) is 16.6. The molecule has 3 nitrogen and oxygen atoms in total. The maximum Gasteiger partial charge on any atom is 0.127 e. The summed E-state index contributed by atoms with van der Waals surface area (Å²) in [4.78, 5) is 2.53. The van der Waals surface area contributed by atoms with Gasteiger partial charge in [-0.05, 0) is 61.9 Å². The van der Waals surface area contributed by atoms with Gasteiger partial charge in [0, 0.05) is 26.2 Å². The molecule has 132 valence electrons. The predicted molar refractivity (Wildman–Crippen MR) is 100 cm³/mol. The molecule has 0 unspecified atom stereocenters. The Hall–Kier alpha value is -1.84. The number of para-hydroxylation sites is 1.